The number of nitrogens with zero attached hydrogens (tertiary/aromatic N) is 3. The molecule has 2 aliphatic heterocycles. The summed E-state index contributed by atoms with van der Waals surface area (Å²) >= 11 is 7.48. The van der Waals surface area contributed by atoms with Crippen LogP contribution in [0, 0.1) is 0 Å². The van der Waals surface area contributed by atoms with Gasteiger partial charge in [0.15, 0.2) is 5.13 Å². The largest absolute Gasteiger partial charge is 0.438 e. The van der Waals surface area contributed by atoms with E-state index in [-0.39, 0.29) is 5.92 Å². The van der Waals surface area contributed by atoms with Crippen LogP contribution in [0.1, 0.15) is 42.0 Å². The lowest BCUT2D eigenvalue weighted by molar-refractivity contribution is -0.0254. The Kier molecular flexibility index (Phi) is 6.93. The van der Waals surface area contributed by atoms with E-state index in [2.05, 4.69) is 39.2 Å². The zero-order chi connectivity index (χ0) is 26.1. The molecule has 6 nitrogen and oxygen atoms in total. The zero-order valence-corrected chi connectivity index (χ0v) is 22.5. The normalized spacial score (nSPS) is 21.6. The molecule has 38 heavy (non-hydrogen) atoms. The van der Waals surface area contributed by atoms with E-state index < -0.39 is 5.60 Å². The first-order chi connectivity index (χ1) is 18.5. The van der Waals surface area contributed by atoms with Gasteiger partial charge >= 0.3 is 0 Å². The molecule has 1 saturated heterocycles. The van der Waals surface area contributed by atoms with E-state index in [9.17, 15) is 5.11 Å². The molecule has 0 radical (unpaired) electrons. The lowest BCUT2D eigenvalue weighted by atomic mass is 9.84. The molecule has 0 bridgehead atoms. The van der Waals surface area contributed by atoms with Crippen molar-refractivity contribution in [3.8, 4) is 5.88 Å². The van der Waals surface area contributed by atoms with Crippen LogP contribution in [0.4, 0.5) is 5.13 Å². The predicted octanol–water partition coefficient (Wildman–Crippen LogP) is 6.09. The van der Waals surface area contributed by atoms with Crippen molar-refractivity contribution in [3.05, 3.63) is 112 Å². The molecule has 1 aromatic carbocycles. The molecule has 1 fully saturated rings. The van der Waals surface area contributed by atoms with Gasteiger partial charge in [-0.1, -0.05) is 42.0 Å². The van der Waals surface area contributed by atoms with Gasteiger partial charge < -0.3 is 20.5 Å². The second-order valence-corrected chi connectivity index (χ2v) is 11.2. The van der Waals surface area contributed by atoms with Gasteiger partial charge in [0.05, 0.1) is 11.3 Å². The summed E-state index contributed by atoms with van der Waals surface area (Å²) in [5.41, 5.74) is 10.1. The van der Waals surface area contributed by atoms with E-state index >= 15 is 0 Å². The predicted molar refractivity (Wildman–Crippen MR) is 153 cm³/mol. The smallest absolute Gasteiger partial charge is 0.227 e. The Labute approximate surface area is 231 Å². The summed E-state index contributed by atoms with van der Waals surface area (Å²) in [6.45, 7) is 2.60. The van der Waals surface area contributed by atoms with Gasteiger partial charge in [-0.05, 0) is 66.8 Å². The summed E-state index contributed by atoms with van der Waals surface area (Å²) < 4.78 is 6.31. The fraction of sp³-hybridized carbons (Fsp3) is 0.267. The topological polar surface area (TPSA) is 84.5 Å². The number of fused-ring (bicyclic) bond motifs is 2. The number of thiazole rings is 1. The molecule has 2 aromatic heterocycles. The zero-order valence-electron chi connectivity index (χ0n) is 20.9. The Hall–Kier alpha value is -3.23. The highest BCUT2D eigenvalue weighted by Crippen LogP contribution is 2.42. The number of anilines is 1. The number of nitrogens with two attached hydrogens (primary N) is 1. The molecule has 194 valence electrons. The first-order valence-corrected chi connectivity index (χ1v) is 14.1. The molecule has 1 atom stereocenters. The molecule has 3 aliphatic rings. The van der Waals surface area contributed by atoms with E-state index in [1.54, 1.807) is 6.20 Å². The van der Waals surface area contributed by atoms with Crippen LogP contribution in [0.5, 0.6) is 5.88 Å². The van der Waals surface area contributed by atoms with Crippen molar-refractivity contribution in [1.29, 1.82) is 0 Å². The molecule has 3 aromatic rings. The molecule has 4 heterocycles. The maximum atomic E-state index is 11.2. The van der Waals surface area contributed by atoms with Gasteiger partial charge in [-0.2, -0.15) is 0 Å². The fourth-order valence-electron chi connectivity index (χ4n) is 5.37. The highest BCUT2D eigenvalue weighted by molar-refractivity contribution is 7.13. The molecular weight excluding hydrogens is 516 g/mol. The summed E-state index contributed by atoms with van der Waals surface area (Å²) in [6, 6.07) is 11.6. The van der Waals surface area contributed by atoms with Crippen molar-refractivity contribution < 1.29 is 9.84 Å². The van der Waals surface area contributed by atoms with E-state index in [0.717, 1.165) is 59.8 Å². The average molecular weight is 545 g/mol. The van der Waals surface area contributed by atoms with Crippen molar-refractivity contribution in [2.45, 2.75) is 30.8 Å². The Bertz CT molecular complexity index is 1450. The molecule has 1 unspecified atom stereocenters. The SMILES string of the molecule is Nc1nc(C2C=CC=C3Oc4ncccc4C(=CCCN4CCC(O)(c5ccc(Cl)cc5)CC4)C=C32)cs1. The molecule has 0 saturated carbocycles. The van der Waals surface area contributed by atoms with E-state index in [4.69, 9.17) is 22.1 Å². The number of piperidine rings is 1. The number of hydrogen-bond donors (Lipinski definition) is 2. The number of pyridine rings is 1. The molecule has 1 aliphatic carbocycles. The van der Waals surface area contributed by atoms with Crippen LogP contribution in [0.15, 0.2) is 89.7 Å². The van der Waals surface area contributed by atoms with Crippen LogP contribution in [0.25, 0.3) is 5.57 Å². The number of aliphatic hydroxyl groups is 1. The first-order valence-electron chi connectivity index (χ1n) is 12.8. The van der Waals surface area contributed by atoms with E-state index in [1.165, 1.54) is 11.3 Å². The van der Waals surface area contributed by atoms with Crippen molar-refractivity contribution in [2.24, 2.45) is 0 Å². The maximum absolute atomic E-state index is 11.2. The second-order valence-electron chi connectivity index (χ2n) is 9.89. The average Bonchev–Trinajstić information content (AvgIpc) is 3.29. The van der Waals surface area contributed by atoms with Crippen LogP contribution in [-0.2, 0) is 5.60 Å². The van der Waals surface area contributed by atoms with Crippen molar-refractivity contribution >= 4 is 33.6 Å². The summed E-state index contributed by atoms with van der Waals surface area (Å²) in [6.07, 6.45) is 14.6. The van der Waals surface area contributed by atoms with Crippen LogP contribution < -0.4 is 10.5 Å². The number of halogens is 1. The number of nitrogen functional groups attached to an aromatic ring is 1. The summed E-state index contributed by atoms with van der Waals surface area (Å²) in [7, 11) is 0. The van der Waals surface area contributed by atoms with Crippen LogP contribution in [0.3, 0.4) is 0 Å². The number of allylic oxidation sites excluding steroid dienone is 6. The summed E-state index contributed by atoms with van der Waals surface area (Å²) in [4.78, 5) is 11.5. The minimum atomic E-state index is -0.793. The van der Waals surface area contributed by atoms with Gasteiger partial charge in [0.25, 0.3) is 0 Å². The number of ether oxygens (including phenoxy) is 1. The highest BCUT2D eigenvalue weighted by Gasteiger charge is 2.34. The Morgan fingerprint density at radius 1 is 1.21 bits per heavy atom. The second kappa shape index (κ2) is 10.5. The van der Waals surface area contributed by atoms with E-state index in [1.807, 2.05) is 47.9 Å². The van der Waals surface area contributed by atoms with E-state index in [0.29, 0.717) is 28.9 Å². The van der Waals surface area contributed by atoms with Crippen molar-refractivity contribution in [1.82, 2.24) is 14.9 Å². The molecule has 0 amide bonds. The summed E-state index contributed by atoms with van der Waals surface area (Å²) in [5, 5.41) is 14.5. The van der Waals surface area contributed by atoms with Gasteiger partial charge in [-0.3, -0.25) is 0 Å². The lowest BCUT2D eigenvalue weighted by Gasteiger charge is -2.38. The molecular formula is C30H29ClN4O2S. The molecule has 3 N–H and O–H groups in total. The van der Waals surface area contributed by atoms with Gasteiger partial charge in [0.1, 0.15) is 5.76 Å². The quantitative estimate of drug-likeness (QED) is 0.404. The minimum absolute atomic E-state index is 0.0334. The van der Waals surface area contributed by atoms with Crippen LogP contribution in [-0.4, -0.2) is 39.6 Å². The third-order valence-electron chi connectivity index (χ3n) is 7.50. The van der Waals surface area contributed by atoms with Crippen LogP contribution in [0.2, 0.25) is 5.02 Å². The number of aromatic nitrogens is 2. The standard InChI is InChI=1S/C30H29ClN4O2S/c31-22-10-8-21(9-11-22)30(36)12-16-35(17-13-30)15-3-4-20-18-25-24(26-19-38-29(32)34-26)5-1-7-27(25)37-28-23(20)6-2-14-33-28/h1-2,4-11,14,18-19,24,36H,3,12-13,15-17H2,(H2,32,34). The van der Waals surface area contributed by atoms with Crippen molar-refractivity contribution in [3.63, 3.8) is 0 Å². The third kappa shape index (κ3) is 5.07. The first kappa shape index (κ1) is 25.1. The van der Waals surface area contributed by atoms with Crippen LogP contribution >= 0.6 is 22.9 Å². The van der Waals surface area contributed by atoms with Gasteiger partial charge in [-0.15, -0.1) is 11.3 Å². The Balaban J connectivity index is 1.20. The Morgan fingerprint density at radius 3 is 2.79 bits per heavy atom. The number of benzene rings is 1. The van der Waals surface area contributed by atoms with Gasteiger partial charge in [0.2, 0.25) is 5.88 Å². The highest BCUT2D eigenvalue weighted by atomic mass is 35.5. The number of rotatable bonds is 5. The Morgan fingerprint density at radius 2 is 2.03 bits per heavy atom. The monoisotopic (exact) mass is 544 g/mol. The fourth-order valence-corrected chi connectivity index (χ4v) is 6.10. The molecule has 8 heteroatoms. The van der Waals surface area contributed by atoms with Gasteiger partial charge in [-0.25, -0.2) is 9.97 Å². The number of hydrogen-bond acceptors (Lipinski definition) is 7. The minimum Gasteiger partial charge on any atom is -0.438 e. The van der Waals surface area contributed by atoms with Gasteiger partial charge in [0, 0.05) is 53.3 Å². The summed E-state index contributed by atoms with van der Waals surface area (Å²) in [5.74, 6) is 1.35. The van der Waals surface area contributed by atoms with Crippen molar-refractivity contribution in [2.75, 3.05) is 25.4 Å². The molecule has 6 rings (SSSR count). The lowest BCUT2D eigenvalue weighted by Crippen LogP contribution is -2.42. The molecule has 0 spiro atoms. The number of likely N-dealkylation sites (tertiary alicyclic amines) is 1. The maximum Gasteiger partial charge on any atom is 0.227 e. The third-order valence-corrected chi connectivity index (χ3v) is 8.45.